The first-order valence-corrected chi connectivity index (χ1v) is 6.88. The summed E-state index contributed by atoms with van der Waals surface area (Å²) in [5, 5.41) is 0. The van der Waals surface area contributed by atoms with Gasteiger partial charge in [-0.15, -0.1) is 0 Å². The molecular weight excluding hydrogens is 232 g/mol. The predicted octanol–water partition coefficient (Wildman–Crippen LogP) is 5.00. The van der Waals surface area contributed by atoms with Crippen molar-refractivity contribution in [2.24, 2.45) is 0 Å². The fraction of sp³-hybridized carbons (Fsp3) is 0.333. The maximum atomic E-state index is 5.98. The number of ether oxygens (including phenoxy) is 1. The van der Waals surface area contributed by atoms with E-state index in [1.165, 1.54) is 22.3 Å². The molecule has 0 saturated carbocycles. The number of fused-ring (bicyclic) bond motifs is 3. The molecule has 19 heavy (non-hydrogen) atoms. The molecule has 0 heterocycles. The predicted molar refractivity (Wildman–Crippen MR) is 79.8 cm³/mol. The molecule has 1 heteroatoms. The van der Waals surface area contributed by atoms with Gasteiger partial charge in [-0.05, 0) is 55.2 Å². The van der Waals surface area contributed by atoms with E-state index >= 15 is 0 Å². The lowest BCUT2D eigenvalue weighted by atomic mass is 9.99. The van der Waals surface area contributed by atoms with Crippen LogP contribution in [0, 0.1) is 0 Å². The van der Waals surface area contributed by atoms with Crippen molar-refractivity contribution in [3.8, 4) is 16.9 Å². The van der Waals surface area contributed by atoms with E-state index in [4.69, 9.17) is 4.74 Å². The van der Waals surface area contributed by atoms with E-state index in [2.05, 4.69) is 70.2 Å². The van der Waals surface area contributed by atoms with Crippen LogP contribution in [0.4, 0.5) is 0 Å². The van der Waals surface area contributed by atoms with Gasteiger partial charge in [-0.2, -0.15) is 0 Å². The van der Waals surface area contributed by atoms with Crippen LogP contribution in [0.2, 0.25) is 0 Å². The van der Waals surface area contributed by atoms with Gasteiger partial charge in [-0.3, -0.25) is 0 Å². The van der Waals surface area contributed by atoms with Crippen molar-refractivity contribution in [3.63, 3.8) is 0 Å². The maximum absolute atomic E-state index is 5.98. The molecule has 2 aromatic rings. The van der Waals surface area contributed by atoms with Gasteiger partial charge in [0, 0.05) is 5.92 Å². The second-order valence-corrected chi connectivity index (χ2v) is 6.27. The molecule has 2 aromatic carbocycles. The van der Waals surface area contributed by atoms with Gasteiger partial charge < -0.3 is 4.74 Å². The zero-order valence-corrected chi connectivity index (χ0v) is 12.0. The first-order chi connectivity index (χ1) is 8.96. The monoisotopic (exact) mass is 252 g/mol. The summed E-state index contributed by atoms with van der Waals surface area (Å²) in [6.45, 7) is 8.51. The lowest BCUT2D eigenvalue weighted by Crippen LogP contribution is -2.22. The Morgan fingerprint density at radius 3 is 2.32 bits per heavy atom. The van der Waals surface area contributed by atoms with E-state index in [0.717, 1.165) is 5.75 Å². The molecule has 1 atom stereocenters. The highest BCUT2D eigenvalue weighted by atomic mass is 16.5. The molecule has 98 valence electrons. The standard InChI is InChI=1S/C18H20O/c1-12-14-7-5-6-8-16(14)17-11-13(9-10-15(12)17)19-18(2,3)4/h5-12H,1-4H3. The second kappa shape index (κ2) is 4.12. The minimum atomic E-state index is -0.155. The molecule has 0 spiro atoms. The topological polar surface area (TPSA) is 9.23 Å². The van der Waals surface area contributed by atoms with Crippen molar-refractivity contribution in [3.05, 3.63) is 53.6 Å². The average molecular weight is 252 g/mol. The third-order valence-corrected chi connectivity index (χ3v) is 3.63. The van der Waals surface area contributed by atoms with Crippen molar-refractivity contribution < 1.29 is 4.74 Å². The molecule has 1 aliphatic carbocycles. The summed E-state index contributed by atoms with van der Waals surface area (Å²) >= 11 is 0. The second-order valence-electron chi connectivity index (χ2n) is 6.27. The Hall–Kier alpha value is -1.76. The van der Waals surface area contributed by atoms with Gasteiger partial charge in [-0.25, -0.2) is 0 Å². The molecule has 0 fully saturated rings. The van der Waals surface area contributed by atoms with Crippen LogP contribution in [0.15, 0.2) is 42.5 Å². The zero-order chi connectivity index (χ0) is 13.6. The Bertz CT molecular complexity index is 620. The van der Waals surface area contributed by atoms with Crippen molar-refractivity contribution in [1.82, 2.24) is 0 Å². The molecule has 0 saturated heterocycles. The number of rotatable bonds is 1. The third kappa shape index (κ3) is 2.14. The Kier molecular flexibility index (Phi) is 2.67. The van der Waals surface area contributed by atoms with Crippen LogP contribution in [-0.4, -0.2) is 5.60 Å². The van der Waals surface area contributed by atoms with Crippen LogP contribution in [-0.2, 0) is 0 Å². The van der Waals surface area contributed by atoms with E-state index < -0.39 is 0 Å². The van der Waals surface area contributed by atoms with Gasteiger partial charge >= 0.3 is 0 Å². The molecule has 0 bridgehead atoms. The van der Waals surface area contributed by atoms with Crippen LogP contribution in [0.25, 0.3) is 11.1 Å². The van der Waals surface area contributed by atoms with Gasteiger partial charge in [0.1, 0.15) is 11.4 Å². The van der Waals surface area contributed by atoms with Crippen molar-refractivity contribution in [2.45, 2.75) is 39.2 Å². The fourth-order valence-corrected chi connectivity index (χ4v) is 2.85. The average Bonchev–Trinajstić information content (AvgIpc) is 2.62. The van der Waals surface area contributed by atoms with E-state index in [1.807, 2.05) is 0 Å². The minimum Gasteiger partial charge on any atom is -0.488 e. The highest BCUT2D eigenvalue weighted by Crippen LogP contribution is 2.45. The molecule has 0 N–H and O–H groups in total. The van der Waals surface area contributed by atoms with Crippen molar-refractivity contribution >= 4 is 0 Å². The highest BCUT2D eigenvalue weighted by molar-refractivity contribution is 5.79. The largest absolute Gasteiger partial charge is 0.488 e. The summed E-state index contributed by atoms with van der Waals surface area (Å²) in [5.41, 5.74) is 5.35. The highest BCUT2D eigenvalue weighted by Gasteiger charge is 2.25. The van der Waals surface area contributed by atoms with Gasteiger partial charge in [-0.1, -0.05) is 37.3 Å². The Balaban J connectivity index is 2.08. The summed E-state index contributed by atoms with van der Waals surface area (Å²) in [5.74, 6) is 1.44. The summed E-state index contributed by atoms with van der Waals surface area (Å²) in [7, 11) is 0. The molecule has 0 amide bonds. The lowest BCUT2D eigenvalue weighted by Gasteiger charge is -2.22. The summed E-state index contributed by atoms with van der Waals surface area (Å²) in [6.07, 6.45) is 0. The number of benzene rings is 2. The number of hydrogen-bond acceptors (Lipinski definition) is 1. The van der Waals surface area contributed by atoms with Crippen molar-refractivity contribution in [2.75, 3.05) is 0 Å². The van der Waals surface area contributed by atoms with E-state index in [1.54, 1.807) is 0 Å². The first-order valence-electron chi connectivity index (χ1n) is 6.88. The Morgan fingerprint density at radius 1 is 0.895 bits per heavy atom. The van der Waals surface area contributed by atoms with Gasteiger partial charge in [0.25, 0.3) is 0 Å². The van der Waals surface area contributed by atoms with E-state index in [-0.39, 0.29) is 5.60 Å². The molecule has 0 aliphatic heterocycles. The molecule has 1 nitrogen and oxygen atoms in total. The molecule has 3 rings (SSSR count). The van der Waals surface area contributed by atoms with Crippen LogP contribution < -0.4 is 4.74 Å². The fourth-order valence-electron chi connectivity index (χ4n) is 2.85. The first kappa shape index (κ1) is 12.3. The quantitative estimate of drug-likeness (QED) is 0.694. The normalized spacial score (nSPS) is 16.9. The summed E-state index contributed by atoms with van der Waals surface area (Å²) in [6, 6.07) is 15.1. The lowest BCUT2D eigenvalue weighted by molar-refractivity contribution is 0.131. The summed E-state index contributed by atoms with van der Waals surface area (Å²) in [4.78, 5) is 0. The third-order valence-electron chi connectivity index (χ3n) is 3.63. The van der Waals surface area contributed by atoms with Gasteiger partial charge in [0.15, 0.2) is 0 Å². The molecule has 1 unspecified atom stereocenters. The van der Waals surface area contributed by atoms with Crippen LogP contribution in [0.1, 0.15) is 44.7 Å². The molecular formula is C18H20O. The van der Waals surface area contributed by atoms with Gasteiger partial charge in [0.05, 0.1) is 0 Å². The molecule has 1 aliphatic rings. The Morgan fingerprint density at radius 2 is 1.58 bits per heavy atom. The van der Waals surface area contributed by atoms with Crippen LogP contribution in [0.3, 0.4) is 0 Å². The van der Waals surface area contributed by atoms with Crippen LogP contribution >= 0.6 is 0 Å². The van der Waals surface area contributed by atoms with Crippen molar-refractivity contribution in [1.29, 1.82) is 0 Å². The minimum absolute atomic E-state index is 0.155. The van der Waals surface area contributed by atoms with Crippen LogP contribution in [0.5, 0.6) is 5.75 Å². The maximum Gasteiger partial charge on any atom is 0.120 e. The SMILES string of the molecule is CC1c2ccccc2-c2cc(OC(C)(C)C)ccc21. The number of hydrogen-bond donors (Lipinski definition) is 0. The zero-order valence-electron chi connectivity index (χ0n) is 12.0. The van der Waals surface area contributed by atoms with Gasteiger partial charge in [0.2, 0.25) is 0 Å². The smallest absolute Gasteiger partial charge is 0.120 e. The van der Waals surface area contributed by atoms with E-state index in [0.29, 0.717) is 5.92 Å². The molecule has 0 aromatic heterocycles. The Labute approximate surface area is 115 Å². The van der Waals surface area contributed by atoms with E-state index in [9.17, 15) is 0 Å². The summed E-state index contributed by atoms with van der Waals surface area (Å²) < 4.78 is 5.98. The molecule has 0 radical (unpaired) electrons.